The Morgan fingerprint density at radius 1 is 1.11 bits per heavy atom. The summed E-state index contributed by atoms with van der Waals surface area (Å²) in [6.45, 7) is 3.97. The molecule has 1 aliphatic rings. The minimum Gasteiger partial charge on any atom is -0.348 e. The van der Waals surface area contributed by atoms with Crippen LogP contribution in [-0.4, -0.2) is 35.9 Å². The Hall–Kier alpha value is -3.12. The molecule has 0 radical (unpaired) electrons. The molecule has 0 spiro atoms. The summed E-state index contributed by atoms with van der Waals surface area (Å²) in [7, 11) is 0. The van der Waals surface area contributed by atoms with Crippen molar-refractivity contribution in [3.63, 3.8) is 0 Å². The van der Waals surface area contributed by atoms with Gasteiger partial charge in [0.2, 0.25) is 0 Å². The average Bonchev–Trinajstić information content (AvgIpc) is 3.44. The van der Waals surface area contributed by atoms with Gasteiger partial charge in [0, 0.05) is 49.0 Å². The highest BCUT2D eigenvalue weighted by Crippen LogP contribution is 2.33. The monoisotopic (exact) mass is 358 g/mol. The van der Waals surface area contributed by atoms with Crippen molar-refractivity contribution in [2.75, 3.05) is 6.54 Å². The summed E-state index contributed by atoms with van der Waals surface area (Å²) in [4.78, 5) is 17.9. The number of rotatable bonds is 4. The van der Waals surface area contributed by atoms with Gasteiger partial charge >= 0.3 is 0 Å². The van der Waals surface area contributed by atoms with Crippen molar-refractivity contribution in [1.29, 1.82) is 0 Å². The van der Waals surface area contributed by atoms with Crippen LogP contribution in [0.1, 0.15) is 34.4 Å². The maximum absolute atomic E-state index is 4.62. The van der Waals surface area contributed by atoms with Crippen LogP contribution >= 0.6 is 0 Å². The maximum atomic E-state index is 4.62. The third-order valence-corrected chi connectivity index (χ3v) is 5.41. The molecule has 2 N–H and O–H groups in total. The highest BCUT2D eigenvalue weighted by Gasteiger charge is 2.32. The lowest BCUT2D eigenvalue weighted by molar-refractivity contribution is 0.194. The van der Waals surface area contributed by atoms with E-state index in [0.717, 1.165) is 30.9 Å². The van der Waals surface area contributed by atoms with Crippen LogP contribution in [0, 0.1) is 6.92 Å². The van der Waals surface area contributed by atoms with Gasteiger partial charge in [0.05, 0.1) is 30.1 Å². The van der Waals surface area contributed by atoms with Crippen LogP contribution in [0.4, 0.5) is 0 Å². The summed E-state index contributed by atoms with van der Waals surface area (Å²) >= 11 is 0. The number of benzene rings is 1. The lowest BCUT2D eigenvalue weighted by Crippen LogP contribution is -2.36. The molecule has 0 saturated heterocycles. The Kier molecular flexibility index (Phi) is 3.90. The van der Waals surface area contributed by atoms with E-state index in [1.807, 2.05) is 6.20 Å². The van der Waals surface area contributed by atoms with E-state index >= 15 is 0 Å². The van der Waals surface area contributed by atoms with Gasteiger partial charge in [0.25, 0.3) is 0 Å². The molecule has 0 amide bonds. The smallest absolute Gasteiger partial charge is 0.0965 e. The molecule has 0 aliphatic carbocycles. The van der Waals surface area contributed by atoms with E-state index in [9.17, 15) is 0 Å². The van der Waals surface area contributed by atoms with Gasteiger partial charge in [0.1, 0.15) is 0 Å². The zero-order chi connectivity index (χ0) is 18.2. The molecule has 1 aromatic carbocycles. The van der Waals surface area contributed by atoms with Crippen molar-refractivity contribution >= 4 is 0 Å². The molecule has 0 fully saturated rings. The summed E-state index contributed by atoms with van der Waals surface area (Å²) in [5.41, 5.74) is 7.17. The van der Waals surface area contributed by atoms with E-state index < -0.39 is 0 Å². The molecule has 0 saturated carbocycles. The van der Waals surface area contributed by atoms with Crippen LogP contribution in [0.25, 0.3) is 5.69 Å². The number of aromatic amines is 2. The molecular weight excluding hydrogens is 336 g/mol. The first kappa shape index (κ1) is 16.1. The number of nitrogens with zero attached hydrogens (tertiary/aromatic N) is 4. The van der Waals surface area contributed by atoms with Crippen LogP contribution in [-0.2, 0) is 13.0 Å². The van der Waals surface area contributed by atoms with Gasteiger partial charge in [-0.25, -0.2) is 9.97 Å². The Morgan fingerprint density at radius 2 is 2.04 bits per heavy atom. The molecule has 5 rings (SSSR count). The molecule has 136 valence electrons. The maximum Gasteiger partial charge on any atom is 0.0965 e. The van der Waals surface area contributed by atoms with E-state index in [0.29, 0.717) is 0 Å². The van der Waals surface area contributed by atoms with Crippen LogP contribution in [0.2, 0.25) is 0 Å². The largest absolute Gasteiger partial charge is 0.348 e. The predicted octanol–water partition coefficient (Wildman–Crippen LogP) is 3.38. The van der Waals surface area contributed by atoms with Crippen molar-refractivity contribution in [1.82, 2.24) is 29.4 Å². The first-order valence-corrected chi connectivity index (χ1v) is 9.28. The number of fused-ring (bicyclic) bond motifs is 1. The summed E-state index contributed by atoms with van der Waals surface area (Å²) in [5.74, 6) is 0. The highest BCUT2D eigenvalue weighted by atomic mass is 15.2. The minimum absolute atomic E-state index is 0.0859. The third kappa shape index (κ3) is 2.78. The first-order chi connectivity index (χ1) is 13.3. The van der Waals surface area contributed by atoms with Gasteiger partial charge in [0.15, 0.2) is 0 Å². The van der Waals surface area contributed by atoms with Gasteiger partial charge in [-0.15, -0.1) is 0 Å². The second-order valence-electron chi connectivity index (χ2n) is 7.05. The van der Waals surface area contributed by atoms with Gasteiger partial charge in [-0.3, -0.25) is 4.90 Å². The fourth-order valence-corrected chi connectivity index (χ4v) is 4.08. The Morgan fingerprint density at radius 3 is 2.89 bits per heavy atom. The van der Waals surface area contributed by atoms with E-state index in [-0.39, 0.29) is 6.04 Å². The van der Waals surface area contributed by atoms with Crippen LogP contribution in [0.15, 0.2) is 61.4 Å². The van der Waals surface area contributed by atoms with Gasteiger partial charge in [-0.1, -0.05) is 18.2 Å². The topological polar surface area (TPSA) is 65.5 Å². The molecule has 1 aliphatic heterocycles. The lowest BCUT2D eigenvalue weighted by Gasteiger charge is -2.34. The van der Waals surface area contributed by atoms with Gasteiger partial charge in [-0.05, 0) is 30.7 Å². The Balaban J connectivity index is 1.51. The number of hydrogen-bond donors (Lipinski definition) is 2. The Labute approximate surface area is 157 Å². The predicted molar refractivity (Wildman–Crippen MR) is 104 cm³/mol. The number of para-hydroxylation sites is 1. The van der Waals surface area contributed by atoms with Crippen molar-refractivity contribution < 1.29 is 0 Å². The molecule has 4 heterocycles. The van der Waals surface area contributed by atoms with Crippen molar-refractivity contribution in [2.24, 2.45) is 0 Å². The van der Waals surface area contributed by atoms with E-state index in [4.69, 9.17) is 0 Å². The highest BCUT2D eigenvalue weighted by molar-refractivity contribution is 5.42. The summed E-state index contributed by atoms with van der Waals surface area (Å²) in [6.07, 6.45) is 8.57. The normalized spacial score (nSPS) is 17.1. The number of hydrogen-bond acceptors (Lipinski definition) is 3. The molecular formula is C21H22N6. The van der Waals surface area contributed by atoms with Crippen LogP contribution in [0.3, 0.4) is 0 Å². The van der Waals surface area contributed by atoms with E-state index in [1.54, 1.807) is 12.7 Å². The Bertz CT molecular complexity index is 1040. The lowest BCUT2D eigenvalue weighted by atomic mass is 10.00. The number of aromatic nitrogens is 5. The summed E-state index contributed by atoms with van der Waals surface area (Å²) < 4.78 is 2.29. The van der Waals surface area contributed by atoms with Crippen LogP contribution < -0.4 is 0 Å². The zero-order valence-electron chi connectivity index (χ0n) is 15.3. The molecule has 6 heteroatoms. The quantitative estimate of drug-likeness (QED) is 0.588. The van der Waals surface area contributed by atoms with Crippen LogP contribution in [0.5, 0.6) is 0 Å². The summed E-state index contributed by atoms with van der Waals surface area (Å²) in [6, 6.07) is 12.9. The third-order valence-electron chi connectivity index (χ3n) is 5.41. The van der Waals surface area contributed by atoms with Gasteiger partial charge in [-0.2, -0.15) is 0 Å². The SMILES string of the molecule is Cc1ccccc1-n1cccc1CN1CCc2[nH]cnc2[C@H]1c1cnc[nH]1. The first-order valence-electron chi connectivity index (χ1n) is 9.28. The number of aryl methyl sites for hydroxylation is 1. The molecule has 0 unspecified atom stereocenters. The standard InChI is InChI=1S/C21H22N6/c1-15-5-2-3-7-19(15)27-9-4-6-16(27)12-26-10-8-17-20(25-14-24-17)21(26)18-11-22-13-23-18/h2-7,9,11,13-14,21H,8,10,12H2,1H3,(H,22,23)(H,24,25)/t21-/m1/s1. The molecule has 1 atom stereocenters. The molecule has 3 aromatic heterocycles. The fourth-order valence-electron chi connectivity index (χ4n) is 4.08. The van der Waals surface area contributed by atoms with E-state index in [1.165, 1.54) is 22.6 Å². The number of imidazole rings is 2. The second kappa shape index (κ2) is 6.55. The molecule has 4 aromatic rings. The number of H-pyrrole nitrogens is 2. The van der Waals surface area contributed by atoms with Crippen molar-refractivity contribution in [3.8, 4) is 5.69 Å². The molecule has 6 nitrogen and oxygen atoms in total. The minimum atomic E-state index is 0.0859. The van der Waals surface area contributed by atoms with Crippen molar-refractivity contribution in [3.05, 3.63) is 89.8 Å². The summed E-state index contributed by atoms with van der Waals surface area (Å²) in [5, 5.41) is 0. The second-order valence-corrected chi connectivity index (χ2v) is 7.05. The average molecular weight is 358 g/mol. The molecule has 0 bridgehead atoms. The number of nitrogens with one attached hydrogen (secondary N) is 2. The fraction of sp³-hybridized carbons (Fsp3) is 0.238. The van der Waals surface area contributed by atoms with Gasteiger partial charge < -0.3 is 14.5 Å². The zero-order valence-corrected chi connectivity index (χ0v) is 15.3. The van der Waals surface area contributed by atoms with E-state index in [2.05, 4.69) is 78.9 Å². The van der Waals surface area contributed by atoms with Crippen molar-refractivity contribution in [2.45, 2.75) is 25.9 Å². The molecule has 27 heavy (non-hydrogen) atoms.